The molecule has 0 aromatic heterocycles. The van der Waals surface area contributed by atoms with Gasteiger partial charge in [0.2, 0.25) is 0 Å². The van der Waals surface area contributed by atoms with Crippen LogP contribution in [0.5, 0.6) is 0 Å². The third-order valence-electron chi connectivity index (χ3n) is 2.06. The summed E-state index contributed by atoms with van der Waals surface area (Å²) in [5.41, 5.74) is 0. The first-order valence-corrected chi connectivity index (χ1v) is 5.57. The van der Waals surface area contributed by atoms with Crippen molar-refractivity contribution in [3.8, 4) is 0 Å². The Bertz CT molecular complexity index is 268. The molecule has 1 unspecified atom stereocenters. The van der Waals surface area contributed by atoms with Gasteiger partial charge in [-0.05, 0) is 19.8 Å². The summed E-state index contributed by atoms with van der Waals surface area (Å²) in [6.45, 7) is 7.06. The van der Waals surface area contributed by atoms with E-state index in [1.165, 1.54) is 6.92 Å². The van der Waals surface area contributed by atoms with E-state index in [2.05, 4.69) is 0 Å². The van der Waals surface area contributed by atoms with Gasteiger partial charge in [0.15, 0.2) is 0 Å². The number of Topliss-reactive ketones (excluding diaryl/α,β-unsaturated/α-hetero) is 2. The predicted octanol–water partition coefficient (Wildman–Crippen LogP) is 1.76. The van der Waals surface area contributed by atoms with Crippen LogP contribution < -0.4 is 0 Å². The minimum absolute atomic E-state index is 0.0512. The first-order chi connectivity index (χ1) is 7.38. The van der Waals surface area contributed by atoms with Crippen molar-refractivity contribution >= 4 is 17.5 Å². The zero-order valence-corrected chi connectivity index (χ0v) is 10.4. The molecule has 4 heteroatoms. The summed E-state index contributed by atoms with van der Waals surface area (Å²) < 4.78 is 4.80. The Kier molecular flexibility index (Phi) is 6.61. The molecule has 4 nitrogen and oxygen atoms in total. The van der Waals surface area contributed by atoms with Gasteiger partial charge in [-0.3, -0.25) is 14.4 Å². The monoisotopic (exact) mass is 228 g/mol. The topological polar surface area (TPSA) is 60.4 Å². The van der Waals surface area contributed by atoms with Crippen LogP contribution in [0.3, 0.4) is 0 Å². The standard InChI is InChI=1S/C12H20O4/c1-5-16-12(15)10(7-9(4)13)11(14)6-8(2)3/h8,10H,5-7H2,1-4H3. The van der Waals surface area contributed by atoms with E-state index < -0.39 is 11.9 Å². The van der Waals surface area contributed by atoms with Gasteiger partial charge < -0.3 is 4.74 Å². The Morgan fingerprint density at radius 3 is 2.06 bits per heavy atom. The molecule has 0 aliphatic heterocycles. The average molecular weight is 228 g/mol. The quantitative estimate of drug-likeness (QED) is 0.492. The van der Waals surface area contributed by atoms with Crippen LogP contribution in [0.15, 0.2) is 0 Å². The maximum absolute atomic E-state index is 11.8. The van der Waals surface area contributed by atoms with E-state index in [9.17, 15) is 14.4 Å². The summed E-state index contributed by atoms with van der Waals surface area (Å²) in [6.07, 6.45) is 0.251. The molecular formula is C12H20O4. The lowest BCUT2D eigenvalue weighted by Gasteiger charge is -2.14. The van der Waals surface area contributed by atoms with E-state index in [-0.39, 0.29) is 30.5 Å². The minimum Gasteiger partial charge on any atom is -0.465 e. The molecule has 0 bridgehead atoms. The zero-order chi connectivity index (χ0) is 12.7. The van der Waals surface area contributed by atoms with Gasteiger partial charge in [0.25, 0.3) is 0 Å². The zero-order valence-electron chi connectivity index (χ0n) is 10.4. The van der Waals surface area contributed by atoms with Gasteiger partial charge in [0.05, 0.1) is 6.61 Å². The number of rotatable bonds is 7. The molecule has 0 rings (SSSR count). The number of ether oxygens (including phenoxy) is 1. The van der Waals surface area contributed by atoms with E-state index in [1.54, 1.807) is 6.92 Å². The van der Waals surface area contributed by atoms with Gasteiger partial charge >= 0.3 is 5.97 Å². The molecule has 0 fully saturated rings. The fourth-order valence-corrected chi connectivity index (χ4v) is 1.40. The summed E-state index contributed by atoms with van der Waals surface area (Å²) in [5, 5.41) is 0. The molecule has 0 aliphatic carbocycles. The van der Waals surface area contributed by atoms with E-state index in [0.29, 0.717) is 6.42 Å². The lowest BCUT2D eigenvalue weighted by Crippen LogP contribution is -2.29. The highest BCUT2D eigenvalue weighted by atomic mass is 16.5. The van der Waals surface area contributed by atoms with Crippen LogP contribution >= 0.6 is 0 Å². The van der Waals surface area contributed by atoms with Crippen LogP contribution in [0.25, 0.3) is 0 Å². The van der Waals surface area contributed by atoms with Crippen LogP contribution in [0.1, 0.15) is 40.5 Å². The number of esters is 1. The fraction of sp³-hybridized carbons (Fsp3) is 0.750. The highest BCUT2D eigenvalue weighted by Gasteiger charge is 2.29. The highest BCUT2D eigenvalue weighted by molar-refractivity contribution is 6.02. The molecule has 0 saturated carbocycles. The minimum atomic E-state index is -0.917. The molecule has 0 aliphatic rings. The second-order valence-electron chi connectivity index (χ2n) is 4.28. The molecule has 0 amide bonds. The maximum Gasteiger partial charge on any atom is 0.316 e. The largest absolute Gasteiger partial charge is 0.465 e. The van der Waals surface area contributed by atoms with E-state index in [4.69, 9.17) is 4.74 Å². The van der Waals surface area contributed by atoms with E-state index in [0.717, 1.165) is 0 Å². The summed E-state index contributed by atoms with van der Waals surface area (Å²) in [6, 6.07) is 0. The Morgan fingerprint density at radius 2 is 1.69 bits per heavy atom. The molecule has 0 saturated heterocycles. The number of carbonyl (C=O) groups is 3. The van der Waals surface area contributed by atoms with E-state index >= 15 is 0 Å². The number of hydrogen-bond donors (Lipinski definition) is 0. The summed E-state index contributed by atoms with van der Waals surface area (Å²) in [5.74, 6) is -1.70. The highest BCUT2D eigenvalue weighted by Crippen LogP contribution is 2.14. The Labute approximate surface area is 96.4 Å². The SMILES string of the molecule is CCOC(=O)C(CC(C)=O)C(=O)CC(C)C. The van der Waals surface area contributed by atoms with Gasteiger partial charge in [0, 0.05) is 12.8 Å². The average Bonchev–Trinajstić information content (AvgIpc) is 2.12. The Morgan fingerprint density at radius 1 is 1.12 bits per heavy atom. The maximum atomic E-state index is 11.8. The van der Waals surface area contributed by atoms with E-state index in [1.807, 2.05) is 13.8 Å². The molecule has 0 aromatic carbocycles. The van der Waals surface area contributed by atoms with Crippen molar-refractivity contribution in [3.63, 3.8) is 0 Å². The molecule has 92 valence electrons. The van der Waals surface area contributed by atoms with Gasteiger partial charge in [-0.1, -0.05) is 13.8 Å². The normalized spacial score (nSPS) is 12.3. The van der Waals surface area contributed by atoms with Crippen molar-refractivity contribution in [1.29, 1.82) is 0 Å². The van der Waals surface area contributed by atoms with Crippen LogP contribution in [-0.4, -0.2) is 24.1 Å². The number of ketones is 2. The summed E-state index contributed by atoms with van der Waals surface area (Å²) in [4.78, 5) is 34.3. The Balaban J connectivity index is 4.58. The second-order valence-corrected chi connectivity index (χ2v) is 4.28. The van der Waals surface area contributed by atoms with Crippen molar-refractivity contribution in [2.45, 2.75) is 40.5 Å². The summed E-state index contributed by atoms with van der Waals surface area (Å²) in [7, 11) is 0. The van der Waals surface area contributed by atoms with Crippen molar-refractivity contribution in [3.05, 3.63) is 0 Å². The molecular weight excluding hydrogens is 208 g/mol. The lowest BCUT2D eigenvalue weighted by molar-refractivity contribution is -0.153. The van der Waals surface area contributed by atoms with Crippen molar-refractivity contribution < 1.29 is 19.1 Å². The molecule has 0 N–H and O–H groups in total. The lowest BCUT2D eigenvalue weighted by atomic mass is 9.92. The smallest absolute Gasteiger partial charge is 0.316 e. The van der Waals surface area contributed by atoms with Gasteiger partial charge in [-0.15, -0.1) is 0 Å². The third kappa shape index (κ3) is 5.63. The van der Waals surface area contributed by atoms with Crippen LogP contribution in [0, 0.1) is 11.8 Å². The van der Waals surface area contributed by atoms with Crippen molar-refractivity contribution in [1.82, 2.24) is 0 Å². The summed E-state index contributed by atoms with van der Waals surface area (Å²) >= 11 is 0. The fourth-order valence-electron chi connectivity index (χ4n) is 1.40. The van der Waals surface area contributed by atoms with Gasteiger partial charge in [-0.25, -0.2) is 0 Å². The molecule has 0 spiro atoms. The van der Waals surface area contributed by atoms with Crippen LogP contribution in [0.4, 0.5) is 0 Å². The molecule has 1 atom stereocenters. The van der Waals surface area contributed by atoms with Gasteiger partial charge in [-0.2, -0.15) is 0 Å². The van der Waals surface area contributed by atoms with Crippen molar-refractivity contribution in [2.24, 2.45) is 11.8 Å². The number of hydrogen-bond acceptors (Lipinski definition) is 4. The van der Waals surface area contributed by atoms with Crippen molar-refractivity contribution in [2.75, 3.05) is 6.61 Å². The molecule has 0 aromatic rings. The second kappa shape index (κ2) is 7.14. The van der Waals surface area contributed by atoms with Gasteiger partial charge in [0.1, 0.15) is 17.5 Å². The molecule has 16 heavy (non-hydrogen) atoms. The molecule has 0 heterocycles. The first-order valence-electron chi connectivity index (χ1n) is 5.57. The van der Waals surface area contributed by atoms with Crippen LogP contribution in [-0.2, 0) is 19.1 Å². The van der Waals surface area contributed by atoms with Crippen LogP contribution in [0.2, 0.25) is 0 Å². The first kappa shape index (κ1) is 14.8. The number of carbonyl (C=O) groups excluding carboxylic acids is 3. The molecule has 0 radical (unpaired) electrons. The third-order valence-corrected chi connectivity index (χ3v) is 2.06. The Hall–Kier alpha value is -1.19. The predicted molar refractivity (Wildman–Crippen MR) is 59.9 cm³/mol.